The molecule has 4 heteroatoms. The number of benzene rings is 2. The van der Waals surface area contributed by atoms with Crippen molar-refractivity contribution < 1.29 is 13.6 Å². The summed E-state index contributed by atoms with van der Waals surface area (Å²) in [5.41, 5.74) is 1.92. The summed E-state index contributed by atoms with van der Waals surface area (Å²) in [5.74, 6) is -1.14. The Morgan fingerprint density at radius 3 is 2.65 bits per heavy atom. The van der Waals surface area contributed by atoms with Crippen LogP contribution in [0, 0.1) is 11.6 Å². The number of carbonyl (C=O) groups is 1. The molecule has 2 nitrogen and oxygen atoms in total. The molecule has 1 heterocycles. The summed E-state index contributed by atoms with van der Waals surface area (Å²) in [6, 6.07) is 10.7. The van der Waals surface area contributed by atoms with Crippen LogP contribution >= 0.6 is 0 Å². The Kier molecular flexibility index (Phi) is 3.06. The molecule has 0 bridgehead atoms. The maximum absolute atomic E-state index is 13.7. The quantitative estimate of drug-likeness (QED) is 0.664. The van der Waals surface area contributed by atoms with Crippen LogP contribution < -0.4 is 0 Å². The number of hydrogen-bond acceptors (Lipinski definition) is 1. The van der Waals surface area contributed by atoms with Gasteiger partial charge < -0.3 is 4.57 Å². The van der Waals surface area contributed by atoms with Crippen LogP contribution in [0.2, 0.25) is 0 Å². The Morgan fingerprint density at radius 1 is 1.05 bits per heavy atom. The Balaban J connectivity index is 2.00. The smallest absolute Gasteiger partial charge is 0.150 e. The highest BCUT2D eigenvalue weighted by atomic mass is 19.1. The van der Waals surface area contributed by atoms with Crippen molar-refractivity contribution >= 4 is 17.2 Å². The number of rotatable bonds is 3. The van der Waals surface area contributed by atoms with Gasteiger partial charge >= 0.3 is 0 Å². The number of halogens is 2. The van der Waals surface area contributed by atoms with Gasteiger partial charge in [-0.25, -0.2) is 8.78 Å². The molecule has 100 valence electrons. The van der Waals surface area contributed by atoms with E-state index < -0.39 is 11.6 Å². The monoisotopic (exact) mass is 271 g/mol. The van der Waals surface area contributed by atoms with Crippen molar-refractivity contribution in [3.8, 4) is 0 Å². The van der Waals surface area contributed by atoms with Crippen molar-refractivity contribution in [1.82, 2.24) is 4.57 Å². The van der Waals surface area contributed by atoms with Gasteiger partial charge in [0.25, 0.3) is 0 Å². The van der Waals surface area contributed by atoms with Gasteiger partial charge in [0.1, 0.15) is 17.9 Å². The van der Waals surface area contributed by atoms with Gasteiger partial charge in [-0.3, -0.25) is 4.79 Å². The van der Waals surface area contributed by atoms with Crippen molar-refractivity contribution in [1.29, 1.82) is 0 Å². The zero-order chi connectivity index (χ0) is 14.1. The summed E-state index contributed by atoms with van der Waals surface area (Å²) in [5, 5.41) is 0.914. The number of aromatic nitrogens is 1. The highest BCUT2D eigenvalue weighted by molar-refractivity contribution is 5.87. The van der Waals surface area contributed by atoms with Crippen LogP contribution in [0.25, 0.3) is 10.9 Å². The molecule has 3 rings (SSSR count). The van der Waals surface area contributed by atoms with E-state index >= 15 is 0 Å². The maximum atomic E-state index is 13.7. The van der Waals surface area contributed by atoms with Gasteiger partial charge in [0, 0.05) is 34.3 Å². The van der Waals surface area contributed by atoms with E-state index in [0.717, 1.165) is 23.3 Å². The fourth-order valence-electron chi connectivity index (χ4n) is 2.26. The standard InChI is InChI=1S/C16H11F2NO/c17-14-3-2-13(15(18)8-14)9-19-6-5-12-7-11(10-20)1-4-16(12)19/h1-8,10H,9H2. The zero-order valence-corrected chi connectivity index (χ0v) is 10.5. The highest BCUT2D eigenvalue weighted by Crippen LogP contribution is 2.19. The van der Waals surface area contributed by atoms with E-state index in [2.05, 4.69) is 0 Å². The summed E-state index contributed by atoms with van der Waals surface area (Å²) in [7, 11) is 0. The zero-order valence-electron chi connectivity index (χ0n) is 10.5. The minimum atomic E-state index is -0.584. The maximum Gasteiger partial charge on any atom is 0.150 e. The Bertz CT molecular complexity index is 792. The van der Waals surface area contributed by atoms with E-state index in [1.54, 1.807) is 12.1 Å². The lowest BCUT2D eigenvalue weighted by molar-refractivity contribution is 0.112. The van der Waals surface area contributed by atoms with Crippen molar-refractivity contribution in [2.24, 2.45) is 0 Å². The molecule has 0 saturated heterocycles. The molecule has 0 atom stereocenters. The van der Waals surface area contributed by atoms with E-state index in [-0.39, 0.29) is 0 Å². The third kappa shape index (κ3) is 2.20. The average molecular weight is 271 g/mol. The molecule has 0 aliphatic heterocycles. The minimum Gasteiger partial charge on any atom is -0.343 e. The predicted molar refractivity (Wildman–Crippen MR) is 72.8 cm³/mol. The minimum absolute atomic E-state index is 0.316. The lowest BCUT2D eigenvalue weighted by Crippen LogP contribution is -2.01. The summed E-state index contributed by atoms with van der Waals surface area (Å²) < 4.78 is 28.4. The Morgan fingerprint density at radius 2 is 1.90 bits per heavy atom. The molecule has 2 aromatic carbocycles. The van der Waals surface area contributed by atoms with Gasteiger partial charge in [-0.1, -0.05) is 6.07 Å². The summed E-state index contributed by atoms with van der Waals surface area (Å²) in [6.45, 7) is 0.316. The van der Waals surface area contributed by atoms with E-state index in [1.165, 1.54) is 12.1 Å². The lowest BCUT2D eigenvalue weighted by atomic mass is 10.1. The molecule has 0 N–H and O–H groups in total. The van der Waals surface area contributed by atoms with Crippen molar-refractivity contribution in [3.63, 3.8) is 0 Å². The molecule has 0 aliphatic rings. The van der Waals surface area contributed by atoms with Crippen LogP contribution in [0.5, 0.6) is 0 Å². The molecule has 0 spiro atoms. The highest BCUT2D eigenvalue weighted by Gasteiger charge is 2.07. The molecule has 0 amide bonds. The van der Waals surface area contributed by atoms with E-state index in [1.807, 2.05) is 22.9 Å². The fourth-order valence-corrected chi connectivity index (χ4v) is 2.26. The molecule has 0 saturated carbocycles. The first-order chi connectivity index (χ1) is 9.67. The number of hydrogen-bond donors (Lipinski definition) is 0. The van der Waals surface area contributed by atoms with Gasteiger partial charge in [0.2, 0.25) is 0 Å². The fraction of sp³-hybridized carbons (Fsp3) is 0.0625. The number of carbonyl (C=O) groups excluding carboxylic acids is 1. The predicted octanol–water partition coefficient (Wildman–Crippen LogP) is 3.78. The van der Waals surface area contributed by atoms with Crippen LogP contribution in [-0.4, -0.2) is 10.9 Å². The number of fused-ring (bicyclic) bond motifs is 1. The van der Waals surface area contributed by atoms with Gasteiger partial charge in [-0.05, 0) is 30.3 Å². The van der Waals surface area contributed by atoms with Crippen LogP contribution in [-0.2, 0) is 6.54 Å². The SMILES string of the molecule is O=Cc1ccc2c(ccn2Cc2ccc(F)cc2F)c1. The van der Waals surface area contributed by atoms with E-state index in [0.29, 0.717) is 17.7 Å². The second-order valence-electron chi connectivity index (χ2n) is 4.62. The van der Waals surface area contributed by atoms with Gasteiger partial charge in [0.15, 0.2) is 0 Å². The average Bonchev–Trinajstić information content (AvgIpc) is 2.84. The summed E-state index contributed by atoms with van der Waals surface area (Å²) in [4.78, 5) is 10.7. The molecule has 20 heavy (non-hydrogen) atoms. The Hall–Kier alpha value is -2.49. The first kappa shape index (κ1) is 12.5. The molecule has 3 aromatic rings. The largest absolute Gasteiger partial charge is 0.343 e. The number of nitrogens with zero attached hydrogens (tertiary/aromatic N) is 1. The van der Waals surface area contributed by atoms with Crippen molar-refractivity contribution in [2.75, 3.05) is 0 Å². The van der Waals surface area contributed by atoms with Crippen LogP contribution in [0.4, 0.5) is 8.78 Å². The molecular weight excluding hydrogens is 260 g/mol. The van der Waals surface area contributed by atoms with E-state index in [9.17, 15) is 13.6 Å². The summed E-state index contributed by atoms with van der Waals surface area (Å²) in [6.07, 6.45) is 2.61. The Labute approximate surface area is 114 Å². The molecule has 0 aliphatic carbocycles. The topological polar surface area (TPSA) is 22.0 Å². The number of aldehydes is 1. The molecule has 0 fully saturated rings. The van der Waals surface area contributed by atoms with Gasteiger partial charge in [-0.15, -0.1) is 0 Å². The molecular formula is C16H11F2NO. The normalized spacial score (nSPS) is 10.9. The first-order valence-electron chi connectivity index (χ1n) is 6.15. The lowest BCUT2D eigenvalue weighted by Gasteiger charge is -2.07. The second kappa shape index (κ2) is 4.89. The summed E-state index contributed by atoms with van der Waals surface area (Å²) >= 11 is 0. The third-order valence-corrected chi connectivity index (χ3v) is 3.29. The van der Waals surface area contributed by atoms with Crippen LogP contribution in [0.15, 0.2) is 48.7 Å². The van der Waals surface area contributed by atoms with Gasteiger partial charge in [-0.2, -0.15) is 0 Å². The molecule has 0 radical (unpaired) electrons. The van der Waals surface area contributed by atoms with Crippen molar-refractivity contribution in [3.05, 3.63) is 71.4 Å². The third-order valence-electron chi connectivity index (χ3n) is 3.29. The van der Waals surface area contributed by atoms with Crippen LogP contribution in [0.1, 0.15) is 15.9 Å². The van der Waals surface area contributed by atoms with Gasteiger partial charge in [0.05, 0.1) is 6.54 Å². The molecule has 0 unspecified atom stereocenters. The second-order valence-corrected chi connectivity index (χ2v) is 4.62. The van der Waals surface area contributed by atoms with Crippen LogP contribution in [0.3, 0.4) is 0 Å². The van der Waals surface area contributed by atoms with E-state index in [4.69, 9.17) is 0 Å². The molecule has 1 aromatic heterocycles. The first-order valence-corrected chi connectivity index (χ1v) is 6.15. The van der Waals surface area contributed by atoms with Crippen molar-refractivity contribution in [2.45, 2.75) is 6.54 Å².